The van der Waals surface area contributed by atoms with Crippen LogP contribution in [0.2, 0.25) is 0 Å². The van der Waals surface area contributed by atoms with Crippen molar-refractivity contribution in [3.8, 4) is 5.75 Å². The molecule has 3 N–H and O–H groups in total. The van der Waals surface area contributed by atoms with Gasteiger partial charge in [-0.1, -0.05) is 6.92 Å². The Morgan fingerprint density at radius 2 is 2.24 bits per heavy atom. The van der Waals surface area contributed by atoms with Crippen molar-refractivity contribution in [3.63, 3.8) is 0 Å². The first kappa shape index (κ1) is 13.4. The van der Waals surface area contributed by atoms with Crippen LogP contribution in [-0.4, -0.2) is 29.3 Å². The molecule has 1 rings (SSSR count). The first-order valence-corrected chi connectivity index (χ1v) is 5.42. The number of halogens is 1. The molecule has 17 heavy (non-hydrogen) atoms. The van der Waals surface area contributed by atoms with Gasteiger partial charge in [-0.25, -0.2) is 4.39 Å². The molecule has 0 aromatic heterocycles. The van der Waals surface area contributed by atoms with E-state index in [2.05, 4.69) is 5.32 Å². The molecule has 0 aliphatic heterocycles. The van der Waals surface area contributed by atoms with Crippen molar-refractivity contribution in [2.75, 3.05) is 13.2 Å². The molecule has 0 aliphatic carbocycles. The van der Waals surface area contributed by atoms with E-state index >= 15 is 0 Å². The zero-order valence-corrected chi connectivity index (χ0v) is 9.61. The highest BCUT2D eigenvalue weighted by Gasteiger charge is 2.12. The monoisotopic (exact) mass is 241 g/mol. The summed E-state index contributed by atoms with van der Waals surface area (Å²) in [5, 5.41) is 20.7. The highest BCUT2D eigenvalue weighted by atomic mass is 19.1. The van der Waals surface area contributed by atoms with Crippen LogP contribution >= 0.6 is 0 Å². The van der Waals surface area contributed by atoms with E-state index in [4.69, 9.17) is 5.11 Å². The molecule has 1 amide bonds. The second-order valence-electron chi connectivity index (χ2n) is 3.99. The number of hydrogen-bond acceptors (Lipinski definition) is 3. The molecule has 1 unspecified atom stereocenters. The standard InChI is InChI=1S/C12H16FNO3/c1-8(4-5-15)7-14-12(17)10-3-2-9(13)6-11(10)16/h2-3,6,8,15-16H,4-5,7H2,1H3,(H,14,17). The van der Waals surface area contributed by atoms with Crippen molar-refractivity contribution in [2.45, 2.75) is 13.3 Å². The zero-order chi connectivity index (χ0) is 12.8. The van der Waals surface area contributed by atoms with Gasteiger partial charge in [-0.15, -0.1) is 0 Å². The molecule has 1 atom stereocenters. The number of aliphatic hydroxyl groups is 1. The largest absolute Gasteiger partial charge is 0.507 e. The van der Waals surface area contributed by atoms with Gasteiger partial charge in [-0.05, 0) is 24.5 Å². The van der Waals surface area contributed by atoms with Crippen molar-refractivity contribution in [1.29, 1.82) is 0 Å². The summed E-state index contributed by atoms with van der Waals surface area (Å²) in [6.07, 6.45) is 0.593. The van der Waals surface area contributed by atoms with Crippen molar-refractivity contribution in [3.05, 3.63) is 29.6 Å². The third-order valence-corrected chi connectivity index (χ3v) is 2.44. The van der Waals surface area contributed by atoms with E-state index in [0.717, 1.165) is 12.1 Å². The van der Waals surface area contributed by atoms with Gasteiger partial charge in [-0.2, -0.15) is 0 Å². The van der Waals surface area contributed by atoms with Crippen LogP contribution in [0.25, 0.3) is 0 Å². The highest BCUT2D eigenvalue weighted by molar-refractivity contribution is 5.96. The van der Waals surface area contributed by atoms with E-state index in [0.29, 0.717) is 13.0 Å². The van der Waals surface area contributed by atoms with Gasteiger partial charge in [0.05, 0.1) is 5.56 Å². The van der Waals surface area contributed by atoms with Crippen molar-refractivity contribution < 1.29 is 19.4 Å². The lowest BCUT2D eigenvalue weighted by Crippen LogP contribution is -2.28. The summed E-state index contributed by atoms with van der Waals surface area (Å²) in [6, 6.07) is 3.24. The van der Waals surface area contributed by atoms with E-state index in [9.17, 15) is 14.3 Å². The first-order valence-electron chi connectivity index (χ1n) is 5.42. The Bertz CT molecular complexity index is 395. The molecular formula is C12H16FNO3. The fourth-order valence-electron chi connectivity index (χ4n) is 1.38. The van der Waals surface area contributed by atoms with Crippen LogP contribution in [0.3, 0.4) is 0 Å². The Labute approximate surface area is 99.1 Å². The van der Waals surface area contributed by atoms with Crippen LogP contribution in [0.15, 0.2) is 18.2 Å². The molecule has 0 radical (unpaired) electrons. The molecule has 0 aliphatic rings. The molecular weight excluding hydrogens is 225 g/mol. The summed E-state index contributed by atoms with van der Waals surface area (Å²) >= 11 is 0. The minimum absolute atomic E-state index is 0.0441. The Hall–Kier alpha value is -1.62. The van der Waals surface area contributed by atoms with Gasteiger partial charge in [0, 0.05) is 19.2 Å². The van der Waals surface area contributed by atoms with Crippen LogP contribution < -0.4 is 5.32 Å². The summed E-state index contributed by atoms with van der Waals surface area (Å²) in [5.41, 5.74) is 0.0441. The molecule has 5 heteroatoms. The minimum Gasteiger partial charge on any atom is -0.507 e. The number of aromatic hydroxyl groups is 1. The number of benzene rings is 1. The third-order valence-electron chi connectivity index (χ3n) is 2.44. The average molecular weight is 241 g/mol. The number of nitrogens with one attached hydrogen (secondary N) is 1. The summed E-state index contributed by atoms with van der Waals surface area (Å²) in [4.78, 5) is 11.6. The lowest BCUT2D eigenvalue weighted by Gasteiger charge is -2.11. The summed E-state index contributed by atoms with van der Waals surface area (Å²) < 4.78 is 12.7. The number of hydrogen-bond donors (Lipinski definition) is 3. The van der Waals surface area contributed by atoms with Crippen LogP contribution in [0.5, 0.6) is 5.75 Å². The molecule has 0 fully saturated rings. The van der Waals surface area contributed by atoms with Gasteiger partial charge in [0.1, 0.15) is 11.6 Å². The molecule has 0 saturated carbocycles. The topological polar surface area (TPSA) is 69.6 Å². The predicted molar refractivity (Wildman–Crippen MR) is 61.3 cm³/mol. The Morgan fingerprint density at radius 3 is 2.82 bits per heavy atom. The van der Waals surface area contributed by atoms with Crippen molar-refractivity contribution in [1.82, 2.24) is 5.32 Å². The second-order valence-corrected chi connectivity index (χ2v) is 3.99. The van der Waals surface area contributed by atoms with Crippen LogP contribution in [0.1, 0.15) is 23.7 Å². The van der Waals surface area contributed by atoms with Gasteiger partial charge < -0.3 is 15.5 Å². The number of carbonyl (C=O) groups is 1. The van der Waals surface area contributed by atoms with E-state index in [1.807, 2.05) is 6.92 Å². The van der Waals surface area contributed by atoms with Gasteiger partial charge in [-0.3, -0.25) is 4.79 Å². The second kappa shape index (κ2) is 6.20. The fraction of sp³-hybridized carbons (Fsp3) is 0.417. The maximum atomic E-state index is 12.7. The Morgan fingerprint density at radius 1 is 1.53 bits per heavy atom. The van der Waals surface area contributed by atoms with E-state index in [1.54, 1.807) is 0 Å². The average Bonchev–Trinajstić information content (AvgIpc) is 2.26. The lowest BCUT2D eigenvalue weighted by atomic mass is 10.1. The van der Waals surface area contributed by atoms with Gasteiger partial charge in [0.2, 0.25) is 0 Å². The van der Waals surface area contributed by atoms with Crippen LogP contribution in [0, 0.1) is 11.7 Å². The van der Waals surface area contributed by atoms with E-state index in [-0.39, 0.29) is 23.8 Å². The molecule has 0 spiro atoms. The van der Waals surface area contributed by atoms with Gasteiger partial charge >= 0.3 is 0 Å². The molecule has 0 heterocycles. The molecule has 1 aromatic rings. The van der Waals surface area contributed by atoms with Gasteiger partial charge in [0.25, 0.3) is 5.91 Å². The number of aliphatic hydroxyl groups excluding tert-OH is 1. The Balaban J connectivity index is 2.58. The maximum absolute atomic E-state index is 12.7. The first-order chi connectivity index (χ1) is 8.04. The Kier molecular flexibility index (Phi) is 4.90. The van der Waals surface area contributed by atoms with Gasteiger partial charge in [0.15, 0.2) is 0 Å². The van der Waals surface area contributed by atoms with Crippen molar-refractivity contribution >= 4 is 5.91 Å². The summed E-state index contributed by atoms with van der Waals surface area (Å²) in [5.74, 6) is -1.27. The minimum atomic E-state index is -0.590. The normalized spacial score (nSPS) is 12.2. The third kappa shape index (κ3) is 4.03. The smallest absolute Gasteiger partial charge is 0.255 e. The number of amides is 1. The number of phenols is 1. The van der Waals surface area contributed by atoms with Crippen LogP contribution in [0.4, 0.5) is 4.39 Å². The molecule has 4 nitrogen and oxygen atoms in total. The number of phenolic OH excluding ortho intramolecular Hbond substituents is 1. The van der Waals surface area contributed by atoms with E-state index in [1.165, 1.54) is 6.07 Å². The molecule has 94 valence electrons. The predicted octanol–water partition coefficient (Wildman–Crippen LogP) is 1.28. The SMILES string of the molecule is CC(CCO)CNC(=O)c1ccc(F)cc1O. The highest BCUT2D eigenvalue weighted by Crippen LogP contribution is 2.17. The van der Waals surface area contributed by atoms with E-state index < -0.39 is 11.7 Å². The zero-order valence-electron chi connectivity index (χ0n) is 9.61. The molecule has 0 saturated heterocycles. The fourth-order valence-corrected chi connectivity index (χ4v) is 1.38. The maximum Gasteiger partial charge on any atom is 0.255 e. The molecule has 0 bridgehead atoms. The number of rotatable bonds is 5. The number of carbonyl (C=O) groups excluding carboxylic acids is 1. The summed E-state index contributed by atoms with van der Waals surface area (Å²) in [6.45, 7) is 2.36. The summed E-state index contributed by atoms with van der Waals surface area (Å²) in [7, 11) is 0. The lowest BCUT2D eigenvalue weighted by molar-refractivity contribution is 0.0942. The van der Waals surface area contributed by atoms with Crippen LogP contribution in [-0.2, 0) is 0 Å². The molecule has 1 aromatic carbocycles. The van der Waals surface area contributed by atoms with Crippen molar-refractivity contribution in [2.24, 2.45) is 5.92 Å². The quantitative estimate of drug-likeness (QED) is 0.727.